The van der Waals surface area contributed by atoms with E-state index in [1.54, 1.807) is 0 Å². The zero-order valence-electron chi connectivity index (χ0n) is 11.6. The Morgan fingerprint density at radius 1 is 1.28 bits per heavy atom. The number of hydrogen-bond donors (Lipinski definition) is 3. The van der Waals surface area contributed by atoms with Crippen LogP contribution in [0, 0.1) is 0 Å². The fraction of sp³-hybridized carbons (Fsp3) is 0.846. The number of rotatable bonds is 8. The molecule has 2 unspecified atom stereocenters. The Morgan fingerprint density at radius 2 is 1.94 bits per heavy atom. The summed E-state index contributed by atoms with van der Waals surface area (Å²) < 4.78 is 0. The monoisotopic (exact) mass is 255 g/mol. The SMILES string of the molecule is CCC(C)NC(=O)CCNC(C)C(=O)NC1CC1. The topological polar surface area (TPSA) is 70.2 Å². The quantitative estimate of drug-likeness (QED) is 0.593. The van der Waals surface area contributed by atoms with E-state index in [0.717, 1.165) is 19.3 Å². The summed E-state index contributed by atoms with van der Waals surface area (Å²) >= 11 is 0. The van der Waals surface area contributed by atoms with Crippen molar-refractivity contribution in [3.63, 3.8) is 0 Å². The lowest BCUT2D eigenvalue weighted by Crippen LogP contribution is -2.44. The van der Waals surface area contributed by atoms with Crippen LogP contribution in [0.1, 0.15) is 46.5 Å². The normalized spacial score (nSPS) is 17.9. The van der Waals surface area contributed by atoms with E-state index in [4.69, 9.17) is 0 Å². The zero-order chi connectivity index (χ0) is 13.5. The molecule has 0 spiro atoms. The molecule has 2 amide bonds. The molecule has 0 saturated heterocycles. The van der Waals surface area contributed by atoms with Gasteiger partial charge in [-0.05, 0) is 33.1 Å². The highest BCUT2D eigenvalue weighted by molar-refractivity contribution is 5.82. The minimum absolute atomic E-state index is 0.0276. The lowest BCUT2D eigenvalue weighted by Gasteiger charge is -2.15. The second kappa shape index (κ2) is 7.36. The standard InChI is InChI=1S/C13H25N3O2/c1-4-9(2)15-12(17)7-8-14-10(3)13(18)16-11-5-6-11/h9-11,14H,4-8H2,1-3H3,(H,15,17)(H,16,18). The summed E-state index contributed by atoms with van der Waals surface area (Å²) in [7, 11) is 0. The zero-order valence-corrected chi connectivity index (χ0v) is 11.6. The Morgan fingerprint density at radius 3 is 2.50 bits per heavy atom. The molecule has 18 heavy (non-hydrogen) atoms. The minimum atomic E-state index is -0.234. The molecule has 5 nitrogen and oxygen atoms in total. The van der Waals surface area contributed by atoms with Crippen molar-refractivity contribution in [1.29, 1.82) is 0 Å². The van der Waals surface area contributed by atoms with Crippen molar-refractivity contribution in [2.75, 3.05) is 6.54 Å². The molecular weight excluding hydrogens is 230 g/mol. The third-order valence-electron chi connectivity index (χ3n) is 3.14. The Bertz CT molecular complexity index is 290. The highest BCUT2D eigenvalue weighted by Gasteiger charge is 2.25. The fourth-order valence-corrected chi connectivity index (χ4v) is 1.50. The Hall–Kier alpha value is -1.10. The van der Waals surface area contributed by atoms with Crippen LogP contribution < -0.4 is 16.0 Å². The molecule has 5 heteroatoms. The molecule has 0 aliphatic heterocycles. The maximum Gasteiger partial charge on any atom is 0.237 e. The molecule has 3 N–H and O–H groups in total. The van der Waals surface area contributed by atoms with Gasteiger partial charge in [0.2, 0.25) is 11.8 Å². The molecule has 1 aliphatic carbocycles. The van der Waals surface area contributed by atoms with Gasteiger partial charge in [0.1, 0.15) is 0 Å². The first-order valence-electron chi connectivity index (χ1n) is 6.86. The molecule has 0 aromatic rings. The summed E-state index contributed by atoms with van der Waals surface area (Å²) in [4.78, 5) is 23.1. The molecule has 1 rings (SSSR count). The van der Waals surface area contributed by atoms with Gasteiger partial charge in [0.05, 0.1) is 6.04 Å². The second-order valence-electron chi connectivity index (χ2n) is 5.09. The molecular formula is C13H25N3O2. The minimum Gasteiger partial charge on any atom is -0.354 e. The van der Waals surface area contributed by atoms with E-state index >= 15 is 0 Å². The first kappa shape index (κ1) is 15.0. The third kappa shape index (κ3) is 6.00. The van der Waals surface area contributed by atoms with Crippen LogP contribution in [0.5, 0.6) is 0 Å². The molecule has 104 valence electrons. The molecule has 0 radical (unpaired) electrons. The van der Waals surface area contributed by atoms with Crippen LogP contribution in [0.4, 0.5) is 0 Å². The van der Waals surface area contributed by atoms with Crippen LogP contribution in [0.25, 0.3) is 0 Å². The van der Waals surface area contributed by atoms with Gasteiger partial charge < -0.3 is 16.0 Å². The number of carbonyl (C=O) groups is 2. The van der Waals surface area contributed by atoms with E-state index in [9.17, 15) is 9.59 Å². The summed E-state index contributed by atoms with van der Waals surface area (Å²) in [6.07, 6.45) is 3.52. The summed E-state index contributed by atoms with van der Waals surface area (Å²) in [6, 6.07) is 0.366. The predicted molar refractivity (Wildman–Crippen MR) is 71.1 cm³/mol. The lowest BCUT2D eigenvalue weighted by atomic mass is 10.2. The first-order chi connectivity index (χ1) is 8.52. The van der Waals surface area contributed by atoms with Crippen molar-refractivity contribution in [3.8, 4) is 0 Å². The third-order valence-corrected chi connectivity index (χ3v) is 3.14. The average Bonchev–Trinajstić information content (AvgIpc) is 3.12. The van der Waals surface area contributed by atoms with Crippen molar-refractivity contribution in [2.45, 2.75) is 64.6 Å². The van der Waals surface area contributed by atoms with E-state index in [-0.39, 0.29) is 23.9 Å². The molecule has 1 saturated carbocycles. The van der Waals surface area contributed by atoms with E-state index in [1.807, 2.05) is 20.8 Å². The van der Waals surface area contributed by atoms with E-state index in [0.29, 0.717) is 19.0 Å². The predicted octanol–water partition coefficient (Wildman–Crippen LogP) is 0.548. The van der Waals surface area contributed by atoms with Gasteiger partial charge in [-0.3, -0.25) is 9.59 Å². The first-order valence-corrected chi connectivity index (χ1v) is 6.86. The van der Waals surface area contributed by atoms with Gasteiger partial charge in [-0.1, -0.05) is 6.92 Å². The van der Waals surface area contributed by atoms with Gasteiger partial charge in [0.15, 0.2) is 0 Å². The van der Waals surface area contributed by atoms with Gasteiger partial charge in [-0.2, -0.15) is 0 Å². The Labute approximate surface area is 109 Å². The van der Waals surface area contributed by atoms with Gasteiger partial charge in [0.25, 0.3) is 0 Å². The van der Waals surface area contributed by atoms with Crippen LogP contribution in [0.15, 0.2) is 0 Å². The fourth-order valence-electron chi connectivity index (χ4n) is 1.50. The maximum absolute atomic E-state index is 11.6. The largest absolute Gasteiger partial charge is 0.354 e. The van der Waals surface area contributed by atoms with E-state index in [2.05, 4.69) is 16.0 Å². The molecule has 1 aliphatic rings. The maximum atomic E-state index is 11.6. The van der Waals surface area contributed by atoms with Crippen molar-refractivity contribution >= 4 is 11.8 Å². The molecule has 0 heterocycles. The number of hydrogen-bond acceptors (Lipinski definition) is 3. The van der Waals surface area contributed by atoms with Crippen LogP contribution in [0.3, 0.4) is 0 Å². The molecule has 0 aromatic carbocycles. The van der Waals surface area contributed by atoms with Crippen molar-refractivity contribution in [2.24, 2.45) is 0 Å². The van der Waals surface area contributed by atoms with E-state index in [1.165, 1.54) is 0 Å². The van der Waals surface area contributed by atoms with E-state index < -0.39 is 0 Å². The van der Waals surface area contributed by atoms with Gasteiger partial charge >= 0.3 is 0 Å². The van der Waals surface area contributed by atoms with Crippen LogP contribution in [0.2, 0.25) is 0 Å². The average molecular weight is 255 g/mol. The second-order valence-corrected chi connectivity index (χ2v) is 5.09. The van der Waals surface area contributed by atoms with Crippen LogP contribution in [-0.4, -0.2) is 36.5 Å². The highest BCUT2D eigenvalue weighted by atomic mass is 16.2. The molecule has 1 fully saturated rings. The van der Waals surface area contributed by atoms with Crippen molar-refractivity contribution < 1.29 is 9.59 Å². The summed E-state index contributed by atoms with van der Waals surface area (Å²) in [5, 5.41) is 8.89. The summed E-state index contributed by atoms with van der Waals surface area (Å²) in [5.74, 6) is 0.0616. The summed E-state index contributed by atoms with van der Waals surface area (Å²) in [5.41, 5.74) is 0. The summed E-state index contributed by atoms with van der Waals surface area (Å²) in [6.45, 7) is 6.37. The van der Waals surface area contributed by atoms with Crippen molar-refractivity contribution in [3.05, 3.63) is 0 Å². The number of carbonyl (C=O) groups excluding carboxylic acids is 2. The van der Waals surface area contributed by atoms with Gasteiger partial charge in [-0.25, -0.2) is 0 Å². The smallest absolute Gasteiger partial charge is 0.237 e. The van der Waals surface area contributed by atoms with Gasteiger partial charge in [-0.15, -0.1) is 0 Å². The van der Waals surface area contributed by atoms with Crippen LogP contribution in [-0.2, 0) is 9.59 Å². The highest BCUT2D eigenvalue weighted by Crippen LogP contribution is 2.18. The lowest BCUT2D eigenvalue weighted by molar-refractivity contribution is -0.124. The molecule has 2 atom stereocenters. The Kier molecular flexibility index (Phi) is 6.12. The number of nitrogens with one attached hydrogen (secondary N) is 3. The Balaban J connectivity index is 2.08. The van der Waals surface area contributed by atoms with Crippen molar-refractivity contribution in [1.82, 2.24) is 16.0 Å². The molecule has 0 bridgehead atoms. The van der Waals surface area contributed by atoms with Crippen LogP contribution >= 0.6 is 0 Å². The van der Waals surface area contributed by atoms with Gasteiger partial charge in [0, 0.05) is 25.0 Å². The molecule has 0 aromatic heterocycles. The number of amides is 2.